The smallest absolute Gasteiger partial charge is 0.339 e. The van der Waals surface area contributed by atoms with Gasteiger partial charge < -0.3 is 10.1 Å². The molecule has 0 saturated heterocycles. The third-order valence-corrected chi connectivity index (χ3v) is 4.30. The van der Waals surface area contributed by atoms with Gasteiger partial charge in [0.05, 0.1) is 16.8 Å². The molecule has 3 rings (SSSR count). The van der Waals surface area contributed by atoms with Crippen LogP contribution < -0.4 is 5.32 Å². The fourth-order valence-corrected chi connectivity index (χ4v) is 3.04. The number of nitrogens with zero attached hydrogens (tertiary/aromatic N) is 1. The fraction of sp³-hybridized carbons (Fsp3) is 0.227. The summed E-state index contributed by atoms with van der Waals surface area (Å²) in [7, 11) is 0. The lowest BCUT2D eigenvalue weighted by molar-refractivity contribution is -0.124. The van der Waals surface area contributed by atoms with E-state index in [1.807, 2.05) is 57.2 Å². The van der Waals surface area contributed by atoms with Crippen LogP contribution in [0.3, 0.4) is 0 Å². The SMILES string of the molecule is CCNC(=O)COC(=O)c1cc(-c2ccc(C)cc2C)nc2ccccc12. The predicted molar refractivity (Wildman–Crippen MR) is 106 cm³/mol. The minimum absolute atomic E-state index is 0.303. The van der Waals surface area contributed by atoms with Crippen LogP contribution in [0, 0.1) is 13.8 Å². The highest BCUT2D eigenvalue weighted by Gasteiger charge is 2.17. The van der Waals surface area contributed by atoms with Crippen molar-refractivity contribution in [3.05, 3.63) is 65.2 Å². The van der Waals surface area contributed by atoms with E-state index in [4.69, 9.17) is 9.72 Å². The van der Waals surface area contributed by atoms with Crippen LogP contribution in [0.4, 0.5) is 0 Å². The van der Waals surface area contributed by atoms with Gasteiger partial charge in [-0.3, -0.25) is 4.79 Å². The maximum atomic E-state index is 12.7. The Morgan fingerprint density at radius 2 is 1.85 bits per heavy atom. The van der Waals surface area contributed by atoms with Crippen molar-refractivity contribution >= 4 is 22.8 Å². The molecule has 0 aliphatic heterocycles. The zero-order valence-electron chi connectivity index (χ0n) is 15.7. The summed E-state index contributed by atoms with van der Waals surface area (Å²) in [5.74, 6) is -0.857. The molecule has 3 aromatic rings. The van der Waals surface area contributed by atoms with E-state index in [-0.39, 0.29) is 12.5 Å². The van der Waals surface area contributed by atoms with Crippen LogP contribution in [0.15, 0.2) is 48.5 Å². The molecule has 27 heavy (non-hydrogen) atoms. The van der Waals surface area contributed by atoms with Crippen molar-refractivity contribution < 1.29 is 14.3 Å². The van der Waals surface area contributed by atoms with E-state index in [1.54, 1.807) is 6.07 Å². The summed E-state index contributed by atoms with van der Waals surface area (Å²) in [6, 6.07) is 15.3. The largest absolute Gasteiger partial charge is 0.452 e. The number of rotatable bonds is 5. The van der Waals surface area contributed by atoms with Gasteiger partial charge in [-0.15, -0.1) is 0 Å². The number of aryl methyl sites for hydroxylation is 2. The van der Waals surface area contributed by atoms with Crippen LogP contribution in [0.2, 0.25) is 0 Å². The molecule has 0 fully saturated rings. The van der Waals surface area contributed by atoms with Crippen LogP contribution in [0.25, 0.3) is 22.2 Å². The molecule has 0 saturated carbocycles. The van der Waals surface area contributed by atoms with E-state index in [2.05, 4.69) is 11.4 Å². The molecule has 1 aromatic heterocycles. The van der Waals surface area contributed by atoms with Crippen LogP contribution in [-0.4, -0.2) is 30.0 Å². The Kier molecular flexibility index (Phi) is 5.50. The molecule has 0 unspecified atom stereocenters. The number of ether oxygens (including phenoxy) is 1. The molecule has 5 nitrogen and oxygen atoms in total. The summed E-state index contributed by atoms with van der Waals surface area (Å²) in [6.45, 7) is 6.06. The van der Waals surface area contributed by atoms with Gasteiger partial charge in [-0.05, 0) is 38.5 Å². The number of pyridine rings is 1. The van der Waals surface area contributed by atoms with Gasteiger partial charge in [-0.2, -0.15) is 0 Å². The molecule has 1 amide bonds. The Morgan fingerprint density at radius 3 is 2.59 bits per heavy atom. The number of hydrogen-bond acceptors (Lipinski definition) is 4. The average Bonchev–Trinajstić information content (AvgIpc) is 2.65. The van der Waals surface area contributed by atoms with Gasteiger partial charge in [0.15, 0.2) is 6.61 Å². The molecule has 0 atom stereocenters. The molecule has 0 bridgehead atoms. The Hall–Kier alpha value is -3.21. The minimum atomic E-state index is -0.536. The zero-order valence-corrected chi connectivity index (χ0v) is 15.7. The van der Waals surface area contributed by atoms with Crippen molar-refractivity contribution in [2.45, 2.75) is 20.8 Å². The second kappa shape index (κ2) is 7.99. The van der Waals surface area contributed by atoms with Crippen molar-refractivity contribution in [1.82, 2.24) is 10.3 Å². The second-order valence-electron chi connectivity index (χ2n) is 6.42. The molecule has 2 aromatic carbocycles. The van der Waals surface area contributed by atoms with Gasteiger partial charge in [0.2, 0.25) is 0 Å². The van der Waals surface area contributed by atoms with Gasteiger partial charge in [0, 0.05) is 17.5 Å². The second-order valence-corrected chi connectivity index (χ2v) is 6.42. The van der Waals surface area contributed by atoms with E-state index in [0.29, 0.717) is 28.7 Å². The van der Waals surface area contributed by atoms with Gasteiger partial charge in [-0.1, -0.05) is 42.0 Å². The highest BCUT2D eigenvalue weighted by molar-refractivity contribution is 6.05. The molecule has 1 N–H and O–H groups in total. The number of benzene rings is 2. The van der Waals surface area contributed by atoms with Gasteiger partial charge in [0.25, 0.3) is 5.91 Å². The minimum Gasteiger partial charge on any atom is -0.452 e. The number of para-hydroxylation sites is 1. The summed E-state index contributed by atoms with van der Waals surface area (Å²) in [6.07, 6.45) is 0. The number of carbonyl (C=O) groups excluding carboxylic acids is 2. The first-order chi connectivity index (χ1) is 13.0. The third kappa shape index (κ3) is 4.14. The molecular weight excluding hydrogens is 340 g/mol. The Labute approximate surface area is 158 Å². The Morgan fingerprint density at radius 1 is 1.07 bits per heavy atom. The molecule has 5 heteroatoms. The van der Waals surface area contributed by atoms with E-state index in [9.17, 15) is 9.59 Å². The number of esters is 1. The lowest BCUT2D eigenvalue weighted by Crippen LogP contribution is -2.28. The molecule has 0 aliphatic rings. The number of carbonyl (C=O) groups is 2. The van der Waals surface area contributed by atoms with Crippen molar-refractivity contribution in [3.8, 4) is 11.3 Å². The standard InChI is InChI=1S/C22H22N2O3/c1-4-23-21(25)13-27-22(26)18-12-20(16-10-9-14(2)11-15(16)3)24-19-8-6-5-7-17(18)19/h5-12H,4,13H2,1-3H3,(H,23,25). The topological polar surface area (TPSA) is 68.3 Å². The summed E-state index contributed by atoms with van der Waals surface area (Å²) in [4.78, 5) is 29.0. The van der Waals surface area contributed by atoms with Crippen LogP contribution in [0.1, 0.15) is 28.4 Å². The molecule has 138 valence electrons. The molecule has 0 aliphatic carbocycles. The highest BCUT2D eigenvalue weighted by atomic mass is 16.5. The first kappa shape index (κ1) is 18.6. The van der Waals surface area contributed by atoms with Crippen molar-refractivity contribution in [2.75, 3.05) is 13.2 Å². The van der Waals surface area contributed by atoms with Crippen LogP contribution in [-0.2, 0) is 9.53 Å². The van der Waals surface area contributed by atoms with Gasteiger partial charge in [-0.25, -0.2) is 9.78 Å². The normalized spacial score (nSPS) is 10.6. The molecule has 0 radical (unpaired) electrons. The van der Waals surface area contributed by atoms with Crippen LogP contribution in [0.5, 0.6) is 0 Å². The Bertz CT molecular complexity index is 1010. The number of aromatic nitrogens is 1. The van der Waals surface area contributed by atoms with E-state index in [1.165, 1.54) is 5.56 Å². The third-order valence-electron chi connectivity index (χ3n) is 4.30. The molecule has 0 spiro atoms. The summed E-state index contributed by atoms with van der Waals surface area (Å²) >= 11 is 0. The molecule has 1 heterocycles. The van der Waals surface area contributed by atoms with Crippen LogP contribution >= 0.6 is 0 Å². The number of nitrogens with one attached hydrogen (secondary N) is 1. The van der Waals surface area contributed by atoms with Crippen molar-refractivity contribution in [3.63, 3.8) is 0 Å². The fourth-order valence-electron chi connectivity index (χ4n) is 3.04. The predicted octanol–water partition coefficient (Wildman–Crippen LogP) is 3.81. The highest BCUT2D eigenvalue weighted by Crippen LogP contribution is 2.28. The molecular formula is C22H22N2O3. The maximum Gasteiger partial charge on any atom is 0.339 e. The lowest BCUT2D eigenvalue weighted by Gasteiger charge is -2.12. The number of amides is 1. The summed E-state index contributed by atoms with van der Waals surface area (Å²) in [5.41, 5.74) is 5.03. The summed E-state index contributed by atoms with van der Waals surface area (Å²) in [5, 5.41) is 3.31. The number of likely N-dealkylation sites (N-methyl/N-ethyl adjacent to an activating group) is 1. The first-order valence-electron chi connectivity index (χ1n) is 8.91. The van der Waals surface area contributed by atoms with E-state index < -0.39 is 5.97 Å². The Balaban J connectivity index is 2.03. The quantitative estimate of drug-likeness (QED) is 0.701. The van der Waals surface area contributed by atoms with Crippen molar-refractivity contribution in [2.24, 2.45) is 0 Å². The average molecular weight is 362 g/mol. The number of fused-ring (bicyclic) bond motifs is 1. The number of hydrogen-bond donors (Lipinski definition) is 1. The summed E-state index contributed by atoms with van der Waals surface area (Å²) < 4.78 is 5.21. The maximum absolute atomic E-state index is 12.7. The van der Waals surface area contributed by atoms with Gasteiger partial charge in [0.1, 0.15) is 0 Å². The van der Waals surface area contributed by atoms with E-state index in [0.717, 1.165) is 11.1 Å². The first-order valence-corrected chi connectivity index (χ1v) is 8.91. The zero-order chi connectivity index (χ0) is 19.4. The van der Waals surface area contributed by atoms with Gasteiger partial charge >= 0.3 is 5.97 Å². The lowest BCUT2D eigenvalue weighted by atomic mass is 9.99. The van der Waals surface area contributed by atoms with Crippen molar-refractivity contribution in [1.29, 1.82) is 0 Å². The monoisotopic (exact) mass is 362 g/mol. The van der Waals surface area contributed by atoms with E-state index >= 15 is 0 Å².